The Morgan fingerprint density at radius 3 is 2.65 bits per heavy atom. The van der Waals surface area contributed by atoms with Gasteiger partial charge in [-0.3, -0.25) is 5.10 Å². The van der Waals surface area contributed by atoms with Crippen LogP contribution in [0.15, 0.2) is 5.03 Å². The number of aromatic nitrogens is 2. The van der Waals surface area contributed by atoms with Gasteiger partial charge in [-0.25, -0.2) is 21.6 Å². The summed E-state index contributed by atoms with van der Waals surface area (Å²) in [5.74, 6) is -0.226. The Balaban J connectivity index is 2.33. The molecule has 0 spiro atoms. The minimum absolute atomic E-state index is 0.0185. The SMILES string of the molecule is Cc1[nH]nc(S(=O)(=O)NC2(C)CCS(=O)(=O)C2)c1CN. The molecule has 0 aromatic carbocycles. The van der Waals surface area contributed by atoms with Gasteiger partial charge in [0.05, 0.1) is 11.5 Å². The van der Waals surface area contributed by atoms with Gasteiger partial charge in [0.15, 0.2) is 14.9 Å². The van der Waals surface area contributed by atoms with Crippen molar-refractivity contribution in [1.82, 2.24) is 14.9 Å². The van der Waals surface area contributed by atoms with Crippen molar-refractivity contribution in [3.8, 4) is 0 Å². The number of H-pyrrole nitrogens is 1. The molecule has 0 amide bonds. The molecule has 2 heterocycles. The van der Waals surface area contributed by atoms with E-state index in [-0.39, 0.29) is 29.5 Å². The molecule has 0 radical (unpaired) electrons. The molecule has 20 heavy (non-hydrogen) atoms. The average Bonchev–Trinajstić information content (AvgIpc) is 2.78. The van der Waals surface area contributed by atoms with Gasteiger partial charge in [-0.15, -0.1) is 0 Å². The fourth-order valence-corrected chi connectivity index (χ4v) is 6.19. The third-order valence-corrected chi connectivity index (χ3v) is 6.89. The van der Waals surface area contributed by atoms with Crippen LogP contribution in [0.4, 0.5) is 0 Å². The van der Waals surface area contributed by atoms with Gasteiger partial charge < -0.3 is 5.73 Å². The van der Waals surface area contributed by atoms with Crippen molar-refractivity contribution in [1.29, 1.82) is 0 Å². The monoisotopic (exact) mass is 322 g/mol. The molecule has 2 rings (SSSR count). The van der Waals surface area contributed by atoms with E-state index in [0.29, 0.717) is 11.3 Å². The molecule has 1 fully saturated rings. The summed E-state index contributed by atoms with van der Waals surface area (Å²) in [5, 5.41) is 6.18. The lowest BCUT2D eigenvalue weighted by molar-refractivity contribution is 0.460. The van der Waals surface area contributed by atoms with Crippen LogP contribution in [0, 0.1) is 6.92 Å². The van der Waals surface area contributed by atoms with Gasteiger partial charge >= 0.3 is 0 Å². The molecular weight excluding hydrogens is 304 g/mol. The van der Waals surface area contributed by atoms with E-state index in [1.165, 1.54) is 0 Å². The Bertz CT molecular complexity index is 722. The fourth-order valence-electron chi connectivity index (χ4n) is 2.36. The number of nitrogens with two attached hydrogens (primary N) is 1. The van der Waals surface area contributed by atoms with E-state index in [9.17, 15) is 16.8 Å². The Labute approximate surface area is 118 Å². The zero-order chi connectivity index (χ0) is 15.2. The first-order valence-electron chi connectivity index (χ1n) is 6.07. The van der Waals surface area contributed by atoms with Crippen LogP contribution in [0.2, 0.25) is 0 Å². The maximum atomic E-state index is 12.4. The average molecular weight is 322 g/mol. The highest BCUT2D eigenvalue weighted by atomic mass is 32.2. The highest BCUT2D eigenvalue weighted by Gasteiger charge is 2.42. The molecule has 1 atom stereocenters. The first-order chi connectivity index (χ1) is 9.09. The first kappa shape index (κ1) is 15.4. The van der Waals surface area contributed by atoms with E-state index in [2.05, 4.69) is 14.9 Å². The van der Waals surface area contributed by atoms with Crippen molar-refractivity contribution in [2.45, 2.75) is 37.4 Å². The number of hydrogen-bond acceptors (Lipinski definition) is 6. The molecule has 0 aliphatic carbocycles. The number of nitrogens with zero attached hydrogens (tertiary/aromatic N) is 1. The number of rotatable bonds is 4. The molecule has 0 bridgehead atoms. The maximum Gasteiger partial charge on any atom is 0.260 e. The Morgan fingerprint density at radius 2 is 2.15 bits per heavy atom. The van der Waals surface area contributed by atoms with Gasteiger partial charge in [0.25, 0.3) is 10.0 Å². The van der Waals surface area contributed by atoms with Gasteiger partial charge in [-0.2, -0.15) is 5.10 Å². The highest BCUT2D eigenvalue weighted by molar-refractivity contribution is 7.92. The van der Waals surface area contributed by atoms with Crippen molar-refractivity contribution in [2.24, 2.45) is 5.73 Å². The number of hydrogen-bond donors (Lipinski definition) is 3. The quantitative estimate of drug-likeness (QED) is 0.653. The van der Waals surface area contributed by atoms with Crippen molar-refractivity contribution >= 4 is 19.9 Å². The molecule has 1 aromatic rings. The second kappa shape index (κ2) is 4.79. The Kier molecular flexibility index (Phi) is 3.70. The van der Waals surface area contributed by atoms with Crippen LogP contribution in [-0.2, 0) is 26.4 Å². The van der Waals surface area contributed by atoms with E-state index >= 15 is 0 Å². The molecule has 0 saturated carbocycles. The summed E-state index contributed by atoms with van der Waals surface area (Å²) in [7, 11) is -7.11. The van der Waals surface area contributed by atoms with Crippen molar-refractivity contribution in [3.05, 3.63) is 11.3 Å². The lowest BCUT2D eigenvalue weighted by Gasteiger charge is -2.23. The molecule has 1 aliphatic heterocycles. The van der Waals surface area contributed by atoms with E-state index in [1.807, 2.05) is 0 Å². The van der Waals surface area contributed by atoms with Gasteiger partial charge in [-0.05, 0) is 20.3 Å². The largest absolute Gasteiger partial charge is 0.326 e. The highest BCUT2D eigenvalue weighted by Crippen LogP contribution is 2.26. The number of sulfonamides is 1. The summed E-state index contributed by atoms with van der Waals surface area (Å²) in [6.07, 6.45) is 0.246. The molecule has 1 unspecified atom stereocenters. The Morgan fingerprint density at radius 1 is 1.50 bits per heavy atom. The third kappa shape index (κ3) is 2.87. The molecule has 8 nitrogen and oxygen atoms in total. The van der Waals surface area contributed by atoms with E-state index in [4.69, 9.17) is 5.73 Å². The zero-order valence-corrected chi connectivity index (χ0v) is 12.9. The summed E-state index contributed by atoms with van der Waals surface area (Å²) in [5.41, 5.74) is 5.51. The summed E-state index contributed by atoms with van der Waals surface area (Å²) >= 11 is 0. The summed E-state index contributed by atoms with van der Waals surface area (Å²) in [4.78, 5) is 0. The predicted molar refractivity (Wildman–Crippen MR) is 73.2 cm³/mol. The molecular formula is C10H18N4O4S2. The normalized spacial score (nSPS) is 25.9. The van der Waals surface area contributed by atoms with Crippen molar-refractivity contribution < 1.29 is 16.8 Å². The zero-order valence-electron chi connectivity index (χ0n) is 11.3. The first-order valence-corrected chi connectivity index (χ1v) is 9.37. The number of aromatic amines is 1. The van der Waals surface area contributed by atoms with Crippen LogP contribution in [0.25, 0.3) is 0 Å². The maximum absolute atomic E-state index is 12.4. The van der Waals surface area contributed by atoms with E-state index in [1.54, 1.807) is 13.8 Å². The predicted octanol–water partition coefficient (Wildman–Crippen LogP) is -0.968. The van der Waals surface area contributed by atoms with Crippen LogP contribution in [-0.4, -0.2) is 44.1 Å². The smallest absolute Gasteiger partial charge is 0.260 e. The molecule has 114 valence electrons. The number of sulfone groups is 1. The molecule has 1 aromatic heterocycles. The standard InChI is InChI=1S/C10H18N4O4S2/c1-7-8(5-11)9(13-12-7)20(17,18)14-10(2)3-4-19(15,16)6-10/h14H,3-6,11H2,1-2H3,(H,12,13). The molecule has 10 heteroatoms. The minimum Gasteiger partial charge on any atom is -0.326 e. The molecule has 1 aliphatic rings. The van der Waals surface area contributed by atoms with Gasteiger partial charge in [0.1, 0.15) is 0 Å². The molecule has 1 saturated heterocycles. The lowest BCUT2D eigenvalue weighted by Crippen LogP contribution is -2.47. The number of aryl methyl sites for hydroxylation is 1. The number of nitrogens with one attached hydrogen (secondary N) is 2. The van der Waals surface area contributed by atoms with Crippen LogP contribution in [0.1, 0.15) is 24.6 Å². The van der Waals surface area contributed by atoms with Crippen LogP contribution in [0.5, 0.6) is 0 Å². The summed E-state index contributed by atoms with van der Waals surface area (Å²) in [6, 6.07) is 0. The van der Waals surface area contributed by atoms with Gasteiger partial charge in [0.2, 0.25) is 0 Å². The lowest BCUT2D eigenvalue weighted by atomic mass is 10.0. The van der Waals surface area contributed by atoms with Gasteiger partial charge in [-0.1, -0.05) is 0 Å². The summed E-state index contributed by atoms with van der Waals surface area (Å²) in [6.45, 7) is 3.29. The van der Waals surface area contributed by atoms with Gasteiger partial charge in [0, 0.05) is 23.3 Å². The topological polar surface area (TPSA) is 135 Å². The van der Waals surface area contributed by atoms with E-state index < -0.39 is 25.4 Å². The Hall–Kier alpha value is -0.970. The molecule has 4 N–H and O–H groups in total. The minimum atomic E-state index is -3.91. The van der Waals surface area contributed by atoms with Crippen molar-refractivity contribution in [2.75, 3.05) is 11.5 Å². The second-order valence-electron chi connectivity index (χ2n) is 5.34. The third-order valence-electron chi connectivity index (χ3n) is 3.38. The van der Waals surface area contributed by atoms with Crippen LogP contribution < -0.4 is 10.5 Å². The summed E-state index contributed by atoms with van der Waals surface area (Å²) < 4.78 is 50.2. The fraction of sp³-hybridized carbons (Fsp3) is 0.700. The van der Waals surface area contributed by atoms with Crippen LogP contribution >= 0.6 is 0 Å². The van der Waals surface area contributed by atoms with E-state index in [0.717, 1.165) is 0 Å². The van der Waals surface area contributed by atoms with Crippen molar-refractivity contribution in [3.63, 3.8) is 0 Å². The van der Waals surface area contributed by atoms with Crippen LogP contribution in [0.3, 0.4) is 0 Å². The second-order valence-corrected chi connectivity index (χ2v) is 9.13.